The molecule has 0 spiro atoms. The van der Waals surface area contributed by atoms with Crippen LogP contribution in [0, 0.1) is 4.77 Å². The Morgan fingerprint density at radius 1 is 1.15 bits per heavy atom. The second kappa shape index (κ2) is 10.5. The second-order valence-corrected chi connectivity index (χ2v) is 7.50. The number of amides is 1. The number of hydrogen-bond donors (Lipinski definition) is 2. The number of carbonyl (C=O) groups is 1. The van der Waals surface area contributed by atoms with Crippen molar-refractivity contribution in [1.82, 2.24) is 20.1 Å². The van der Waals surface area contributed by atoms with Crippen LogP contribution in [0.2, 0.25) is 0 Å². The van der Waals surface area contributed by atoms with E-state index in [4.69, 9.17) is 17.0 Å². The number of halogens is 3. The molecule has 0 saturated carbocycles. The molecule has 3 aromatic rings. The molecule has 0 aliphatic carbocycles. The van der Waals surface area contributed by atoms with Crippen molar-refractivity contribution in [3.05, 3.63) is 58.9 Å². The first-order valence-electron chi connectivity index (χ1n) is 10.2. The third kappa shape index (κ3) is 6.82. The molecule has 0 fully saturated rings. The van der Waals surface area contributed by atoms with Gasteiger partial charge in [0.1, 0.15) is 11.5 Å². The Morgan fingerprint density at radius 3 is 2.39 bits per heavy atom. The molecule has 1 aromatic heterocycles. The first-order valence-corrected chi connectivity index (χ1v) is 10.6. The smallest absolute Gasteiger partial charge is 0.494 e. The summed E-state index contributed by atoms with van der Waals surface area (Å²) in [7, 11) is 0. The maximum absolute atomic E-state index is 12.5. The Labute approximate surface area is 193 Å². The Morgan fingerprint density at radius 2 is 1.79 bits per heavy atom. The van der Waals surface area contributed by atoms with Crippen LogP contribution in [0.4, 0.5) is 13.2 Å². The number of ether oxygens (including phenoxy) is 2. The maximum atomic E-state index is 12.5. The van der Waals surface area contributed by atoms with Gasteiger partial charge in [0.25, 0.3) is 0 Å². The van der Waals surface area contributed by atoms with E-state index in [1.165, 1.54) is 24.3 Å². The fourth-order valence-electron chi connectivity index (χ4n) is 3.18. The summed E-state index contributed by atoms with van der Waals surface area (Å²) in [5, 5.41) is 9.84. The van der Waals surface area contributed by atoms with Crippen LogP contribution in [0.15, 0.2) is 48.5 Å². The molecule has 1 amide bonds. The van der Waals surface area contributed by atoms with Gasteiger partial charge in [0, 0.05) is 18.5 Å². The summed E-state index contributed by atoms with van der Waals surface area (Å²) in [5.74, 6) is 0.789. The summed E-state index contributed by atoms with van der Waals surface area (Å²) in [6.07, 6.45) is -4.61. The van der Waals surface area contributed by atoms with Gasteiger partial charge in [-0.25, -0.2) is 0 Å². The molecule has 2 N–H and O–H groups in total. The first-order chi connectivity index (χ1) is 15.7. The molecule has 11 heteroatoms. The number of hydrogen-bond acceptors (Lipinski definition) is 5. The average molecular weight is 481 g/mol. The van der Waals surface area contributed by atoms with Gasteiger partial charge >= 0.3 is 6.36 Å². The third-order valence-corrected chi connectivity index (χ3v) is 5.05. The lowest BCUT2D eigenvalue weighted by atomic mass is 10.1. The molecule has 3 rings (SSSR count). The van der Waals surface area contributed by atoms with E-state index in [1.807, 2.05) is 31.2 Å². The van der Waals surface area contributed by atoms with Gasteiger partial charge in [-0.3, -0.25) is 14.5 Å². The van der Waals surface area contributed by atoms with Crippen molar-refractivity contribution in [3.63, 3.8) is 0 Å². The Bertz CT molecular complexity index is 1130. The van der Waals surface area contributed by atoms with Gasteiger partial charge in [0.2, 0.25) is 5.91 Å². The number of aromatic nitrogens is 3. The summed E-state index contributed by atoms with van der Waals surface area (Å²) in [6, 6.07) is 12.4. The van der Waals surface area contributed by atoms with Crippen molar-refractivity contribution in [2.45, 2.75) is 39.2 Å². The second-order valence-electron chi connectivity index (χ2n) is 7.12. The number of H-pyrrole nitrogens is 1. The Balaban J connectivity index is 1.60. The van der Waals surface area contributed by atoms with E-state index in [-0.39, 0.29) is 18.1 Å². The highest BCUT2D eigenvalue weighted by Crippen LogP contribution is 2.25. The zero-order valence-corrected chi connectivity index (χ0v) is 18.8. The highest BCUT2D eigenvalue weighted by Gasteiger charge is 2.31. The van der Waals surface area contributed by atoms with E-state index in [1.54, 1.807) is 11.5 Å². The molecule has 7 nitrogen and oxygen atoms in total. The third-order valence-electron chi connectivity index (χ3n) is 4.74. The number of rotatable bonds is 9. The molecule has 33 heavy (non-hydrogen) atoms. The number of nitrogens with zero attached hydrogens (tertiary/aromatic N) is 2. The predicted octanol–water partition coefficient (Wildman–Crippen LogP) is 5.17. The topological polar surface area (TPSA) is 81.2 Å². The Kier molecular flexibility index (Phi) is 7.75. The SMILES string of the molecule is CCOc1ccc(-c2n[nH]c(=S)n2CCC(=O)NC(C)c2ccc(OC(F)(F)F)cc2)cc1. The quantitative estimate of drug-likeness (QED) is 0.413. The monoisotopic (exact) mass is 480 g/mol. The van der Waals surface area contributed by atoms with Crippen LogP contribution >= 0.6 is 12.2 Å². The van der Waals surface area contributed by atoms with Crippen molar-refractivity contribution >= 4 is 18.1 Å². The highest BCUT2D eigenvalue weighted by molar-refractivity contribution is 7.71. The molecule has 2 aromatic carbocycles. The van der Waals surface area contributed by atoms with Crippen LogP contribution in [0.3, 0.4) is 0 Å². The molecule has 0 aliphatic rings. The summed E-state index contributed by atoms with van der Waals surface area (Å²) >= 11 is 5.30. The van der Waals surface area contributed by atoms with Crippen LogP contribution in [0.25, 0.3) is 11.4 Å². The van der Waals surface area contributed by atoms with Crippen LogP contribution in [-0.4, -0.2) is 33.6 Å². The number of carbonyl (C=O) groups excluding carboxylic acids is 1. The highest BCUT2D eigenvalue weighted by atomic mass is 32.1. The summed E-state index contributed by atoms with van der Waals surface area (Å²) in [5.41, 5.74) is 1.47. The molecular weight excluding hydrogens is 457 g/mol. The van der Waals surface area contributed by atoms with Crippen LogP contribution in [0.5, 0.6) is 11.5 Å². The molecule has 0 radical (unpaired) electrons. The standard InChI is InChI=1S/C22H23F3N4O3S/c1-3-31-17-8-6-16(7-9-17)20-27-28-21(33)29(20)13-12-19(30)26-14(2)15-4-10-18(11-5-15)32-22(23,24)25/h4-11,14H,3,12-13H2,1-2H3,(H,26,30)(H,28,33). The van der Waals surface area contributed by atoms with Gasteiger partial charge in [0.15, 0.2) is 10.6 Å². The lowest BCUT2D eigenvalue weighted by Gasteiger charge is -2.16. The number of aromatic amines is 1. The normalized spacial score (nSPS) is 12.3. The fraction of sp³-hybridized carbons (Fsp3) is 0.318. The Hall–Kier alpha value is -3.34. The largest absolute Gasteiger partial charge is 0.573 e. The molecule has 0 saturated heterocycles. The van der Waals surface area contributed by atoms with Gasteiger partial charge < -0.3 is 14.8 Å². The van der Waals surface area contributed by atoms with E-state index >= 15 is 0 Å². The fourth-order valence-corrected chi connectivity index (χ4v) is 3.40. The molecule has 176 valence electrons. The van der Waals surface area contributed by atoms with E-state index in [0.29, 0.717) is 29.3 Å². The average Bonchev–Trinajstić information content (AvgIpc) is 3.12. The predicted molar refractivity (Wildman–Crippen MR) is 118 cm³/mol. The van der Waals surface area contributed by atoms with Crippen LogP contribution in [-0.2, 0) is 11.3 Å². The van der Waals surface area contributed by atoms with Crippen molar-refractivity contribution in [3.8, 4) is 22.9 Å². The lowest BCUT2D eigenvalue weighted by Crippen LogP contribution is -2.27. The zero-order chi connectivity index (χ0) is 24.0. The van der Waals surface area contributed by atoms with Gasteiger partial charge in [-0.05, 0) is 68.0 Å². The van der Waals surface area contributed by atoms with Gasteiger partial charge in [0.05, 0.1) is 12.6 Å². The van der Waals surface area contributed by atoms with Gasteiger partial charge in [-0.2, -0.15) is 5.10 Å². The molecule has 0 aliphatic heterocycles. The van der Waals surface area contributed by atoms with Crippen molar-refractivity contribution in [2.24, 2.45) is 0 Å². The van der Waals surface area contributed by atoms with E-state index in [9.17, 15) is 18.0 Å². The zero-order valence-electron chi connectivity index (χ0n) is 18.0. The minimum absolute atomic E-state index is 0.136. The van der Waals surface area contributed by atoms with Crippen LogP contribution in [0.1, 0.15) is 31.9 Å². The van der Waals surface area contributed by atoms with Crippen molar-refractivity contribution in [2.75, 3.05) is 6.61 Å². The van der Waals surface area contributed by atoms with Crippen molar-refractivity contribution < 1.29 is 27.4 Å². The molecule has 1 atom stereocenters. The summed E-state index contributed by atoms with van der Waals surface area (Å²) in [4.78, 5) is 12.5. The maximum Gasteiger partial charge on any atom is 0.573 e. The molecule has 1 heterocycles. The minimum Gasteiger partial charge on any atom is -0.494 e. The number of alkyl halides is 3. The summed E-state index contributed by atoms with van der Waals surface area (Å²) in [6.45, 7) is 4.51. The molecular formula is C22H23F3N4O3S. The molecule has 1 unspecified atom stereocenters. The van der Waals surface area contributed by atoms with Gasteiger partial charge in [-0.1, -0.05) is 12.1 Å². The number of benzene rings is 2. The molecule has 0 bridgehead atoms. The first kappa shape index (κ1) is 24.3. The minimum atomic E-state index is -4.75. The van der Waals surface area contributed by atoms with Crippen molar-refractivity contribution in [1.29, 1.82) is 0 Å². The van der Waals surface area contributed by atoms with Crippen LogP contribution < -0.4 is 14.8 Å². The van der Waals surface area contributed by atoms with E-state index < -0.39 is 12.4 Å². The van der Waals surface area contributed by atoms with E-state index in [2.05, 4.69) is 20.3 Å². The van der Waals surface area contributed by atoms with E-state index in [0.717, 1.165) is 11.3 Å². The number of nitrogens with one attached hydrogen (secondary N) is 2. The van der Waals surface area contributed by atoms with Gasteiger partial charge in [-0.15, -0.1) is 13.2 Å². The lowest BCUT2D eigenvalue weighted by molar-refractivity contribution is -0.274. The summed E-state index contributed by atoms with van der Waals surface area (Å²) < 4.78 is 48.3.